The number of likely N-dealkylation sites (tertiary alicyclic amines) is 1. The number of ether oxygens (including phenoxy) is 1. The van der Waals surface area contributed by atoms with Crippen LogP contribution in [0.15, 0.2) is 24.3 Å². The van der Waals surface area contributed by atoms with Crippen molar-refractivity contribution < 1.29 is 9.53 Å². The summed E-state index contributed by atoms with van der Waals surface area (Å²) in [5, 5.41) is 8.28. The molecule has 25 heavy (non-hydrogen) atoms. The van der Waals surface area contributed by atoms with E-state index in [0.29, 0.717) is 24.7 Å². The molecule has 1 aromatic carbocycles. The van der Waals surface area contributed by atoms with E-state index in [4.69, 9.17) is 10.5 Å². The number of hydrogen-bond donors (Lipinski definition) is 1. The highest BCUT2D eigenvalue weighted by molar-refractivity contribution is 5.93. The molecule has 2 N–H and O–H groups in total. The molecular weight excluding hydrogens is 318 g/mol. The fourth-order valence-electron chi connectivity index (χ4n) is 3.07. The highest BCUT2D eigenvalue weighted by Crippen LogP contribution is 2.21. The molecule has 1 saturated heterocycles. The van der Waals surface area contributed by atoms with Crippen molar-refractivity contribution in [3.05, 3.63) is 35.7 Å². The topological polar surface area (TPSA) is 86.3 Å². The van der Waals surface area contributed by atoms with Crippen LogP contribution in [0.1, 0.15) is 36.5 Å². The van der Waals surface area contributed by atoms with Gasteiger partial charge in [-0.3, -0.25) is 4.79 Å². The zero-order valence-electron chi connectivity index (χ0n) is 15.0. The number of benzene rings is 1. The maximum absolute atomic E-state index is 12.7. The van der Waals surface area contributed by atoms with Crippen LogP contribution in [0.5, 0.6) is 5.75 Å². The Balaban J connectivity index is 1.78. The molecule has 7 heteroatoms. The molecule has 1 aromatic heterocycles. The minimum atomic E-state index is -0.0699. The van der Waals surface area contributed by atoms with Crippen molar-refractivity contribution in [3.63, 3.8) is 0 Å². The minimum Gasteiger partial charge on any atom is -0.491 e. The fraction of sp³-hybridized carbons (Fsp3) is 0.500. The summed E-state index contributed by atoms with van der Waals surface area (Å²) in [4.78, 5) is 14.5. The van der Waals surface area contributed by atoms with Gasteiger partial charge in [0.05, 0.1) is 17.5 Å². The maximum Gasteiger partial charge on any atom is 0.276 e. The van der Waals surface area contributed by atoms with E-state index < -0.39 is 0 Å². The number of nitrogens with zero attached hydrogens (tertiary/aromatic N) is 4. The Hall–Kier alpha value is -2.41. The third-order valence-corrected chi connectivity index (χ3v) is 4.46. The molecule has 3 rings (SSSR count). The molecule has 2 aromatic rings. The number of hydrogen-bond acceptors (Lipinski definition) is 5. The molecule has 1 atom stereocenters. The van der Waals surface area contributed by atoms with E-state index >= 15 is 0 Å². The molecule has 1 aliphatic heterocycles. The average Bonchev–Trinajstić information content (AvgIpc) is 3.21. The largest absolute Gasteiger partial charge is 0.491 e. The Morgan fingerprint density at radius 1 is 1.36 bits per heavy atom. The lowest BCUT2D eigenvalue weighted by Gasteiger charge is -2.15. The van der Waals surface area contributed by atoms with E-state index in [0.717, 1.165) is 30.1 Å². The van der Waals surface area contributed by atoms with Crippen LogP contribution in [0.2, 0.25) is 0 Å². The molecule has 1 amide bonds. The van der Waals surface area contributed by atoms with Crippen LogP contribution in [0.4, 0.5) is 0 Å². The van der Waals surface area contributed by atoms with Gasteiger partial charge < -0.3 is 15.4 Å². The van der Waals surface area contributed by atoms with Gasteiger partial charge in [0.25, 0.3) is 5.91 Å². The predicted molar refractivity (Wildman–Crippen MR) is 94.9 cm³/mol. The molecular formula is C18H25N5O2. The van der Waals surface area contributed by atoms with Gasteiger partial charge in [-0.15, -0.1) is 5.10 Å². The van der Waals surface area contributed by atoms with Crippen molar-refractivity contribution in [3.8, 4) is 11.4 Å². The zero-order chi connectivity index (χ0) is 18.0. The lowest BCUT2D eigenvalue weighted by molar-refractivity contribution is 0.0781. The number of carbonyl (C=O) groups is 1. The summed E-state index contributed by atoms with van der Waals surface area (Å²) in [7, 11) is 0. The third-order valence-electron chi connectivity index (χ3n) is 4.46. The van der Waals surface area contributed by atoms with Gasteiger partial charge in [-0.05, 0) is 63.9 Å². The number of amides is 1. The van der Waals surface area contributed by atoms with Crippen molar-refractivity contribution in [2.45, 2.75) is 33.3 Å². The molecule has 0 saturated carbocycles. The van der Waals surface area contributed by atoms with Gasteiger partial charge in [-0.2, -0.15) is 0 Å². The monoisotopic (exact) mass is 343 g/mol. The van der Waals surface area contributed by atoms with Crippen molar-refractivity contribution in [1.82, 2.24) is 19.9 Å². The van der Waals surface area contributed by atoms with E-state index in [1.54, 1.807) is 4.68 Å². The second-order valence-corrected chi connectivity index (χ2v) is 6.74. The van der Waals surface area contributed by atoms with E-state index in [1.165, 1.54) is 0 Å². The highest BCUT2D eigenvalue weighted by atomic mass is 16.5. The fourth-order valence-corrected chi connectivity index (χ4v) is 3.07. The van der Waals surface area contributed by atoms with Crippen LogP contribution in [0.3, 0.4) is 0 Å². The molecule has 0 bridgehead atoms. The summed E-state index contributed by atoms with van der Waals surface area (Å²) >= 11 is 0. The number of nitrogens with two attached hydrogens (primary N) is 1. The third kappa shape index (κ3) is 3.66. The van der Waals surface area contributed by atoms with E-state index in [9.17, 15) is 4.79 Å². The van der Waals surface area contributed by atoms with Gasteiger partial charge in [-0.1, -0.05) is 5.21 Å². The van der Waals surface area contributed by atoms with Crippen LogP contribution in [0, 0.1) is 12.8 Å². The maximum atomic E-state index is 12.7. The van der Waals surface area contributed by atoms with Crippen molar-refractivity contribution in [2.75, 3.05) is 19.6 Å². The van der Waals surface area contributed by atoms with Crippen LogP contribution >= 0.6 is 0 Å². The lowest BCUT2D eigenvalue weighted by Crippen LogP contribution is -2.30. The summed E-state index contributed by atoms with van der Waals surface area (Å²) in [6.45, 7) is 7.88. The van der Waals surface area contributed by atoms with E-state index in [2.05, 4.69) is 10.3 Å². The Morgan fingerprint density at radius 2 is 2.08 bits per heavy atom. The van der Waals surface area contributed by atoms with E-state index in [-0.39, 0.29) is 12.0 Å². The lowest BCUT2D eigenvalue weighted by atomic mass is 10.1. The first-order valence-corrected chi connectivity index (χ1v) is 8.68. The highest BCUT2D eigenvalue weighted by Gasteiger charge is 2.29. The van der Waals surface area contributed by atoms with Gasteiger partial charge in [0.1, 0.15) is 5.75 Å². The summed E-state index contributed by atoms with van der Waals surface area (Å²) in [6.07, 6.45) is 1.08. The molecule has 0 radical (unpaired) electrons. The molecule has 0 aliphatic carbocycles. The first-order valence-electron chi connectivity index (χ1n) is 8.68. The molecule has 1 unspecified atom stereocenters. The number of rotatable bonds is 5. The summed E-state index contributed by atoms with van der Waals surface area (Å²) in [5.41, 5.74) is 7.69. The standard InChI is InChI=1S/C18H25N5O2/c1-12(2)25-16-6-4-15(5-7-16)23-13(3)17(20-21-23)18(24)22-9-8-14(10-19)11-22/h4-7,12,14H,8-11,19H2,1-3H3. The van der Waals surface area contributed by atoms with Gasteiger partial charge in [-0.25, -0.2) is 4.68 Å². The number of carbonyl (C=O) groups excluding carboxylic acids is 1. The second kappa shape index (κ2) is 7.23. The van der Waals surface area contributed by atoms with Crippen molar-refractivity contribution in [1.29, 1.82) is 0 Å². The van der Waals surface area contributed by atoms with Gasteiger partial charge in [0, 0.05) is 13.1 Å². The second-order valence-electron chi connectivity index (χ2n) is 6.74. The van der Waals surface area contributed by atoms with Crippen LogP contribution in [0.25, 0.3) is 5.69 Å². The predicted octanol–water partition coefficient (Wildman–Crippen LogP) is 1.78. The first kappa shape index (κ1) is 17.4. The van der Waals surface area contributed by atoms with E-state index in [1.807, 2.05) is 49.9 Å². The van der Waals surface area contributed by atoms with Gasteiger partial charge >= 0.3 is 0 Å². The molecule has 134 valence electrons. The number of aromatic nitrogens is 3. The summed E-state index contributed by atoms with van der Waals surface area (Å²) in [5.74, 6) is 1.12. The normalized spacial score (nSPS) is 17.3. The molecule has 1 aliphatic rings. The quantitative estimate of drug-likeness (QED) is 0.894. The van der Waals surface area contributed by atoms with Crippen LogP contribution < -0.4 is 10.5 Å². The van der Waals surface area contributed by atoms with Crippen LogP contribution in [-0.4, -0.2) is 51.5 Å². The Morgan fingerprint density at radius 3 is 2.68 bits per heavy atom. The summed E-state index contributed by atoms with van der Waals surface area (Å²) in [6, 6.07) is 7.61. The Labute approximate surface area is 147 Å². The van der Waals surface area contributed by atoms with Crippen LogP contribution in [-0.2, 0) is 0 Å². The summed E-state index contributed by atoms with van der Waals surface area (Å²) < 4.78 is 7.33. The van der Waals surface area contributed by atoms with Gasteiger partial charge in [0.15, 0.2) is 5.69 Å². The Bertz CT molecular complexity index is 738. The smallest absolute Gasteiger partial charge is 0.276 e. The van der Waals surface area contributed by atoms with Gasteiger partial charge in [0.2, 0.25) is 0 Å². The first-order chi connectivity index (χ1) is 12.0. The molecule has 7 nitrogen and oxygen atoms in total. The molecule has 0 spiro atoms. The minimum absolute atomic E-state index is 0.0699. The van der Waals surface area contributed by atoms with Crippen molar-refractivity contribution in [2.24, 2.45) is 11.7 Å². The SMILES string of the molecule is Cc1c(C(=O)N2CCC(CN)C2)nnn1-c1ccc(OC(C)C)cc1. The average molecular weight is 343 g/mol. The van der Waals surface area contributed by atoms with Crippen molar-refractivity contribution >= 4 is 5.91 Å². The molecule has 2 heterocycles. The Kier molecular flexibility index (Phi) is 5.03. The molecule has 1 fully saturated rings. The zero-order valence-corrected chi connectivity index (χ0v) is 15.0.